The molecule has 0 N–H and O–H groups in total. The fourth-order valence-electron chi connectivity index (χ4n) is 8.70. The molecule has 0 heterocycles. The van der Waals surface area contributed by atoms with E-state index in [9.17, 15) is 0 Å². The van der Waals surface area contributed by atoms with Gasteiger partial charge >= 0.3 is 289 Å². The fourth-order valence-corrected chi connectivity index (χ4v) is 41.6. The number of fused-ring (bicyclic) bond motifs is 2. The number of allylic oxidation sites excluding steroid dienone is 2. The Balaban J connectivity index is 1.58. The van der Waals surface area contributed by atoms with Crippen LogP contribution < -0.4 is 0 Å². The summed E-state index contributed by atoms with van der Waals surface area (Å²) in [6, 6.07) is 31.5. The SMILES string of the molecule is CC1=Cc2c(ccc(CC(C)C)c2-c2ccccc2)[CH]1[Zr]([Cl])([Cl])([CH]1C(C)=Cc2c1ccc(CC(C)C)c2-c1ccccc1)[SiH](C)C. The molecule has 0 bridgehead atoms. The van der Waals surface area contributed by atoms with E-state index in [0.717, 1.165) is 12.8 Å². The van der Waals surface area contributed by atoms with Crippen LogP contribution in [0.4, 0.5) is 0 Å². The van der Waals surface area contributed by atoms with E-state index in [1.165, 1.54) is 66.8 Å². The van der Waals surface area contributed by atoms with E-state index in [4.69, 9.17) is 17.0 Å². The quantitative estimate of drug-likeness (QED) is 0.150. The van der Waals surface area contributed by atoms with Gasteiger partial charge in [-0.15, -0.1) is 0 Å². The molecule has 0 aliphatic heterocycles. The van der Waals surface area contributed by atoms with Gasteiger partial charge in [0.25, 0.3) is 0 Å². The Morgan fingerprint density at radius 1 is 0.587 bits per heavy atom. The van der Waals surface area contributed by atoms with Gasteiger partial charge in [-0.3, -0.25) is 0 Å². The van der Waals surface area contributed by atoms with Gasteiger partial charge in [0.1, 0.15) is 0 Å². The zero-order valence-electron chi connectivity index (χ0n) is 28.8. The second-order valence-electron chi connectivity index (χ2n) is 15.2. The minimum absolute atomic E-state index is 0.0943. The molecule has 2 aliphatic carbocycles. The van der Waals surface area contributed by atoms with Gasteiger partial charge in [-0.1, -0.05) is 0 Å². The zero-order chi connectivity index (χ0) is 33.0. The third-order valence-corrected chi connectivity index (χ3v) is 62.9. The van der Waals surface area contributed by atoms with Gasteiger partial charge < -0.3 is 0 Å². The number of hydrogen-bond donors (Lipinski definition) is 0. The van der Waals surface area contributed by atoms with Crippen molar-refractivity contribution in [3.8, 4) is 22.3 Å². The standard InChI is InChI=1S/2C20H21.C2H7Si.2ClH.Zr/c2*1-14(2)11-18-10-9-17-12-15(3)13-19(17)20(18)16-7-5-4-6-8-16;1-3-2;;;/h2*4-10,12-14H,11H2,1-3H3;3H,1-2H3;2*1H;/q;;;;;+2/p-2. The van der Waals surface area contributed by atoms with Gasteiger partial charge in [-0.25, -0.2) is 0 Å². The molecule has 0 nitrogen and oxygen atoms in total. The molecular formula is C42H49Cl2SiZr. The van der Waals surface area contributed by atoms with Crippen LogP contribution in [0.15, 0.2) is 96.1 Å². The van der Waals surface area contributed by atoms with Crippen LogP contribution in [0.2, 0.25) is 13.1 Å². The molecule has 0 saturated heterocycles. The van der Waals surface area contributed by atoms with E-state index < -0.39 is 21.5 Å². The molecule has 0 saturated carbocycles. The fraction of sp³-hybridized carbons (Fsp3) is 0.333. The van der Waals surface area contributed by atoms with Crippen molar-refractivity contribution in [2.75, 3.05) is 0 Å². The molecule has 239 valence electrons. The average Bonchev–Trinajstić information content (AvgIpc) is 3.53. The second-order valence-corrected chi connectivity index (χ2v) is 57.7. The molecule has 6 rings (SSSR count). The van der Waals surface area contributed by atoms with E-state index in [-0.39, 0.29) is 7.25 Å². The number of hydrogen-bond acceptors (Lipinski definition) is 0. The molecule has 0 fully saturated rings. The molecule has 0 spiro atoms. The summed E-state index contributed by atoms with van der Waals surface area (Å²) in [6.45, 7) is 18.8. The normalized spacial score (nSPS) is 18.4. The molecule has 2 unspecified atom stereocenters. The van der Waals surface area contributed by atoms with Gasteiger partial charge in [0.05, 0.1) is 0 Å². The number of benzene rings is 4. The zero-order valence-corrected chi connectivity index (χ0v) is 33.9. The first-order chi connectivity index (χ1) is 21.8. The molecule has 0 radical (unpaired) electrons. The van der Waals surface area contributed by atoms with E-state index in [1.54, 1.807) is 0 Å². The van der Waals surface area contributed by atoms with E-state index >= 15 is 0 Å². The van der Waals surface area contributed by atoms with E-state index in [0.29, 0.717) is 11.8 Å². The van der Waals surface area contributed by atoms with Gasteiger partial charge in [0.15, 0.2) is 0 Å². The Labute approximate surface area is 286 Å². The molecule has 0 aromatic heterocycles. The second kappa shape index (κ2) is 12.8. The van der Waals surface area contributed by atoms with Crippen molar-refractivity contribution >= 4 is 35.1 Å². The van der Waals surface area contributed by atoms with Crippen LogP contribution in [0.25, 0.3) is 34.4 Å². The number of halogens is 2. The van der Waals surface area contributed by atoms with Crippen LogP contribution >= 0.6 is 17.0 Å². The van der Waals surface area contributed by atoms with Crippen LogP contribution in [0.3, 0.4) is 0 Å². The monoisotopic (exact) mass is 741 g/mol. The van der Waals surface area contributed by atoms with Crippen LogP contribution in [0, 0.1) is 11.8 Å². The third-order valence-electron chi connectivity index (χ3n) is 10.6. The van der Waals surface area contributed by atoms with E-state index in [1.807, 2.05) is 0 Å². The first-order valence-electron chi connectivity index (χ1n) is 17.2. The van der Waals surface area contributed by atoms with Crippen LogP contribution in [-0.2, 0) is 28.4 Å². The molecule has 2 aliphatic rings. The summed E-state index contributed by atoms with van der Waals surface area (Å²) >= 11 is -4.77. The van der Waals surface area contributed by atoms with Crippen LogP contribution in [-0.4, -0.2) is 5.92 Å². The maximum atomic E-state index is 8.59. The predicted octanol–water partition coefficient (Wildman–Crippen LogP) is 13.0. The van der Waals surface area contributed by atoms with Gasteiger partial charge in [0, 0.05) is 0 Å². The van der Waals surface area contributed by atoms with E-state index in [2.05, 4.69) is 152 Å². The average molecular weight is 744 g/mol. The van der Waals surface area contributed by atoms with Crippen molar-refractivity contribution < 1.29 is 15.6 Å². The van der Waals surface area contributed by atoms with Crippen molar-refractivity contribution in [3.05, 3.63) is 129 Å². The Bertz CT molecular complexity index is 1700. The molecule has 0 amide bonds. The summed E-state index contributed by atoms with van der Waals surface area (Å²) in [5.41, 5.74) is 16.3. The first-order valence-corrected chi connectivity index (χ1v) is 33.5. The minimum atomic E-state index is -4.77. The van der Waals surface area contributed by atoms with Gasteiger partial charge in [-0.2, -0.15) is 0 Å². The molecule has 2 atom stereocenters. The number of rotatable bonds is 9. The van der Waals surface area contributed by atoms with Crippen LogP contribution in [0.1, 0.15) is 82.2 Å². The maximum absolute atomic E-state index is 8.59. The van der Waals surface area contributed by atoms with Crippen molar-refractivity contribution in [3.63, 3.8) is 0 Å². The Morgan fingerprint density at radius 2 is 0.957 bits per heavy atom. The van der Waals surface area contributed by atoms with Gasteiger partial charge in [-0.05, 0) is 0 Å². The van der Waals surface area contributed by atoms with Crippen LogP contribution in [0.5, 0.6) is 0 Å². The molecule has 46 heavy (non-hydrogen) atoms. The Hall–Kier alpha value is -1.96. The summed E-state index contributed by atoms with van der Waals surface area (Å²) in [5.74, 6) is -0.472. The molecular weight excluding hydrogens is 695 g/mol. The Morgan fingerprint density at radius 3 is 1.28 bits per heavy atom. The molecule has 4 aromatic rings. The van der Waals surface area contributed by atoms with Crippen molar-refractivity contribution in [1.29, 1.82) is 0 Å². The summed E-state index contributed by atoms with van der Waals surface area (Å²) in [6.07, 6.45) is 7.00. The van der Waals surface area contributed by atoms with Crippen molar-refractivity contribution in [1.82, 2.24) is 0 Å². The topological polar surface area (TPSA) is 0 Å². The Kier molecular flexibility index (Phi) is 9.45. The third kappa shape index (κ3) is 5.64. The molecule has 4 aromatic carbocycles. The summed E-state index contributed by atoms with van der Waals surface area (Å²) in [5, 5.41) is 0. The summed E-state index contributed by atoms with van der Waals surface area (Å²) in [7, 11) is 17.2. The summed E-state index contributed by atoms with van der Waals surface area (Å²) in [4.78, 5) is 0. The predicted molar refractivity (Wildman–Crippen MR) is 204 cm³/mol. The van der Waals surface area contributed by atoms with Crippen molar-refractivity contribution in [2.45, 2.75) is 74.7 Å². The van der Waals surface area contributed by atoms with Gasteiger partial charge in [0.2, 0.25) is 0 Å². The summed E-state index contributed by atoms with van der Waals surface area (Å²) < 4.78 is 0.189. The van der Waals surface area contributed by atoms with Crippen molar-refractivity contribution in [2.24, 2.45) is 11.8 Å². The molecule has 4 heteroatoms. The first kappa shape index (κ1) is 33.9.